The summed E-state index contributed by atoms with van der Waals surface area (Å²) in [5, 5.41) is 3.84. The molecule has 0 unspecified atom stereocenters. The van der Waals surface area contributed by atoms with Gasteiger partial charge in [-0.15, -0.1) is 0 Å². The fourth-order valence-electron chi connectivity index (χ4n) is 2.91. The first-order valence-corrected chi connectivity index (χ1v) is 12.6. The molecule has 30 heavy (non-hydrogen) atoms. The molecule has 0 radical (unpaired) electrons. The second-order valence-corrected chi connectivity index (χ2v) is 13.7. The van der Waals surface area contributed by atoms with Crippen LogP contribution in [-0.4, -0.2) is 42.5 Å². The van der Waals surface area contributed by atoms with E-state index in [4.69, 9.17) is 14.7 Å². The minimum Gasteiger partial charge on any atom is -0.414 e. The zero-order chi connectivity index (χ0) is 22.7. The molecular formula is C19H29N5O5Si. The standard InChI is InChI=1S/C19H29N5O5Si/c1-13-11-24(18(27)23(17(13)26)8-7-9-25)16-10-14(21-22-20)15(29-16)12-28-30(5,6)19(2,3)4/h7-9,11,14-16H,10,12H2,1-6H3/b8-7+/t14-,15+,16+/m0/s1. The molecule has 1 fully saturated rings. The van der Waals surface area contributed by atoms with Gasteiger partial charge in [-0.25, -0.2) is 9.36 Å². The van der Waals surface area contributed by atoms with Gasteiger partial charge in [-0.05, 0) is 36.7 Å². The molecule has 2 heterocycles. The normalized spacial score (nSPS) is 22.3. The van der Waals surface area contributed by atoms with Gasteiger partial charge in [0.2, 0.25) is 0 Å². The van der Waals surface area contributed by atoms with E-state index in [1.54, 1.807) is 6.92 Å². The van der Waals surface area contributed by atoms with Crippen LogP contribution in [0.15, 0.2) is 27.0 Å². The van der Waals surface area contributed by atoms with Crippen molar-refractivity contribution >= 4 is 20.8 Å². The van der Waals surface area contributed by atoms with Crippen LogP contribution in [0.5, 0.6) is 0 Å². The Morgan fingerprint density at radius 3 is 2.63 bits per heavy atom. The van der Waals surface area contributed by atoms with Gasteiger partial charge in [-0.3, -0.25) is 14.2 Å². The number of hydrogen-bond donors (Lipinski definition) is 0. The molecule has 0 N–H and O–H groups in total. The van der Waals surface area contributed by atoms with E-state index in [1.165, 1.54) is 10.8 Å². The SMILES string of the molecule is Cc1cn([C@H]2C[C@H](N=[N+]=[N-])[C@@H](CO[Si](C)(C)C(C)(C)C)O2)c(=O)n(/C=C/C=O)c1=O. The quantitative estimate of drug-likeness (QED) is 0.162. The summed E-state index contributed by atoms with van der Waals surface area (Å²) in [6.07, 6.45) is 3.13. The summed E-state index contributed by atoms with van der Waals surface area (Å²) < 4.78 is 14.4. The fraction of sp³-hybridized carbons (Fsp3) is 0.632. The largest absolute Gasteiger partial charge is 0.414 e. The Kier molecular flexibility index (Phi) is 7.25. The van der Waals surface area contributed by atoms with Crippen molar-refractivity contribution in [3.63, 3.8) is 0 Å². The molecule has 164 valence electrons. The Hall–Kier alpha value is -2.46. The van der Waals surface area contributed by atoms with E-state index in [9.17, 15) is 14.4 Å². The Morgan fingerprint density at radius 2 is 2.07 bits per heavy atom. The van der Waals surface area contributed by atoms with Crippen LogP contribution in [-0.2, 0) is 14.0 Å². The van der Waals surface area contributed by atoms with Gasteiger partial charge < -0.3 is 9.16 Å². The molecule has 0 aliphatic carbocycles. The molecule has 1 aromatic heterocycles. The second-order valence-electron chi connectivity index (χ2n) is 8.86. The van der Waals surface area contributed by atoms with Gasteiger partial charge in [0, 0.05) is 29.3 Å². The van der Waals surface area contributed by atoms with Crippen LogP contribution in [0, 0.1) is 6.92 Å². The molecule has 0 bridgehead atoms. The molecular weight excluding hydrogens is 406 g/mol. The lowest BCUT2D eigenvalue weighted by molar-refractivity contribution is -0.104. The Morgan fingerprint density at radius 1 is 1.40 bits per heavy atom. The van der Waals surface area contributed by atoms with E-state index in [0.29, 0.717) is 11.8 Å². The Labute approximate surface area is 175 Å². The Balaban J connectivity index is 2.35. The first-order chi connectivity index (χ1) is 13.9. The van der Waals surface area contributed by atoms with Gasteiger partial charge in [0.1, 0.15) is 12.5 Å². The molecule has 3 atom stereocenters. The number of azide groups is 1. The molecule has 1 aliphatic heterocycles. The van der Waals surface area contributed by atoms with E-state index >= 15 is 0 Å². The number of allylic oxidation sites excluding steroid dienone is 1. The molecule has 0 spiro atoms. The number of rotatable bonds is 7. The Bertz CT molecular complexity index is 984. The number of nitrogens with zero attached hydrogens (tertiary/aromatic N) is 5. The lowest BCUT2D eigenvalue weighted by Gasteiger charge is -2.37. The van der Waals surface area contributed by atoms with Gasteiger partial charge in [0.15, 0.2) is 8.32 Å². The van der Waals surface area contributed by atoms with E-state index in [2.05, 4.69) is 43.9 Å². The number of carbonyl (C=O) groups is 1. The fourth-order valence-corrected chi connectivity index (χ4v) is 3.92. The lowest BCUT2D eigenvalue weighted by atomic mass is 10.1. The molecule has 11 heteroatoms. The second kappa shape index (κ2) is 9.13. The number of aryl methyl sites for hydroxylation is 1. The van der Waals surface area contributed by atoms with Gasteiger partial charge in [0.25, 0.3) is 5.56 Å². The van der Waals surface area contributed by atoms with Gasteiger partial charge in [-0.2, -0.15) is 0 Å². The predicted octanol–water partition coefficient (Wildman–Crippen LogP) is 2.98. The number of hydrogen-bond acceptors (Lipinski definition) is 6. The van der Waals surface area contributed by atoms with Crippen molar-refractivity contribution in [3.05, 3.63) is 49.1 Å². The van der Waals surface area contributed by atoms with E-state index in [1.807, 2.05) is 0 Å². The van der Waals surface area contributed by atoms with Crippen LogP contribution >= 0.6 is 0 Å². The zero-order valence-electron chi connectivity index (χ0n) is 18.2. The highest BCUT2D eigenvalue weighted by atomic mass is 28.4. The molecule has 1 aromatic rings. The molecule has 2 rings (SSSR count). The van der Waals surface area contributed by atoms with Crippen LogP contribution in [0.3, 0.4) is 0 Å². The number of carbonyl (C=O) groups excluding carboxylic acids is 1. The summed E-state index contributed by atoms with van der Waals surface area (Å²) in [6, 6.07) is -0.511. The van der Waals surface area contributed by atoms with Crippen molar-refractivity contribution in [2.75, 3.05) is 6.61 Å². The maximum absolute atomic E-state index is 12.8. The predicted molar refractivity (Wildman–Crippen MR) is 116 cm³/mol. The summed E-state index contributed by atoms with van der Waals surface area (Å²) >= 11 is 0. The topological polar surface area (TPSA) is 128 Å². The summed E-state index contributed by atoms with van der Waals surface area (Å²) in [6.45, 7) is 12.4. The molecule has 10 nitrogen and oxygen atoms in total. The summed E-state index contributed by atoms with van der Waals surface area (Å²) in [7, 11) is -2.05. The minimum absolute atomic E-state index is 0.00740. The average Bonchev–Trinajstić information content (AvgIpc) is 3.05. The zero-order valence-corrected chi connectivity index (χ0v) is 19.2. The highest BCUT2D eigenvalue weighted by Gasteiger charge is 2.41. The van der Waals surface area contributed by atoms with Gasteiger partial charge in [0.05, 0.1) is 18.8 Å². The summed E-state index contributed by atoms with van der Waals surface area (Å²) in [4.78, 5) is 38.6. The van der Waals surface area contributed by atoms with Gasteiger partial charge in [-0.1, -0.05) is 25.9 Å². The third-order valence-corrected chi connectivity index (χ3v) is 10.3. The average molecular weight is 436 g/mol. The van der Waals surface area contributed by atoms with E-state index in [-0.39, 0.29) is 18.1 Å². The van der Waals surface area contributed by atoms with Crippen molar-refractivity contribution in [1.29, 1.82) is 0 Å². The third kappa shape index (κ3) is 4.98. The number of aromatic nitrogens is 2. The van der Waals surface area contributed by atoms with Crippen molar-refractivity contribution < 1.29 is 14.0 Å². The monoisotopic (exact) mass is 435 g/mol. The summed E-state index contributed by atoms with van der Waals surface area (Å²) in [5.74, 6) is 0. The van der Waals surface area contributed by atoms with Crippen LogP contribution in [0.1, 0.15) is 39.0 Å². The highest BCUT2D eigenvalue weighted by Crippen LogP contribution is 2.38. The molecule has 0 amide bonds. The number of aldehydes is 1. The van der Waals surface area contributed by atoms with Crippen LogP contribution in [0.2, 0.25) is 18.1 Å². The first-order valence-electron chi connectivity index (χ1n) is 9.73. The maximum Gasteiger partial charge on any atom is 0.337 e. The first kappa shape index (κ1) is 23.8. The highest BCUT2D eigenvalue weighted by molar-refractivity contribution is 6.74. The van der Waals surface area contributed by atoms with E-state index in [0.717, 1.165) is 16.8 Å². The molecule has 0 aromatic carbocycles. The van der Waals surface area contributed by atoms with Crippen LogP contribution in [0.25, 0.3) is 16.6 Å². The van der Waals surface area contributed by atoms with Crippen LogP contribution < -0.4 is 11.2 Å². The van der Waals surface area contributed by atoms with Crippen molar-refractivity contribution in [2.45, 2.75) is 70.6 Å². The molecule has 1 saturated heterocycles. The van der Waals surface area contributed by atoms with Crippen LogP contribution in [0.4, 0.5) is 0 Å². The summed E-state index contributed by atoms with van der Waals surface area (Å²) in [5.41, 5.74) is 8.11. The molecule has 0 saturated carbocycles. The lowest BCUT2D eigenvalue weighted by Crippen LogP contribution is -2.43. The van der Waals surface area contributed by atoms with Crippen molar-refractivity contribution in [2.24, 2.45) is 5.11 Å². The van der Waals surface area contributed by atoms with Crippen molar-refractivity contribution in [3.8, 4) is 0 Å². The van der Waals surface area contributed by atoms with Crippen molar-refractivity contribution in [1.82, 2.24) is 9.13 Å². The smallest absolute Gasteiger partial charge is 0.337 e. The maximum atomic E-state index is 12.8. The molecule has 1 aliphatic rings. The minimum atomic E-state index is -2.05. The third-order valence-electron chi connectivity index (χ3n) is 5.76. The number of ether oxygens (including phenoxy) is 1. The van der Waals surface area contributed by atoms with Gasteiger partial charge >= 0.3 is 5.69 Å². The van der Waals surface area contributed by atoms with E-state index < -0.39 is 37.9 Å².